The second-order valence-corrected chi connectivity index (χ2v) is 7.33. The number of amides is 2. The van der Waals surface area contributed by atoms with Crippen molar-refractivity contribution in [3.05, 3.63) is 102 Å². The van der Waals surface area contributed by atoms with Crippen molar-refractivity contribution < 1.29 is 9.59 Å². The van der Waals surface area contributed by atoms with E-state index >= 15 is 0 Å². The van der Waals surface area contributed by atoms with Crippen LogP contribution in [-0.4, -0.2) is 18.4 Å². The third-order valence-corrected chi connectivity index (χ3v) is 5.35. The van der Waals surface area contributed by atoms with Crippen LogP contribution >= 0.6 is 0 Å². The molecule has 4 rings (SSSR count). The molecular weight excluding hydrogens is 360 g/mol. The van der Waals surface area contributed by atoms with Gasteiger partial charge in [-0.25, -0.2) is 0 Å². The average molecular weight is 384 g/mol. The van der Waals surface area contributed by atoms with E-state index in [1.807, 2.05) is 66.7 Å². The molecule has 0 radical (unpaired) electrons. The van der Waals surface area contributed by atoms with Crippen molar-refractivity contribution in [3.63, 3.8) is 0 Å². The second-order valence-electron chi connectivity index (χ2n) is 7.33. The Hall–Kier alpha value is -3.40. The van der Waals surface area contributed by atoms with Gasteiger partial charge < -0.3 is 10.2 Å². The molecule has 0 aliphatic carbocycles. The summed E-state index contributed by atoms with van der Waals surface area (Å²) in [5, 5.41) is 2.91. The minimum absolute atomic E-state index is 0.115. The smallest absolute Gasteiger partial charge is 0.239 e. The fraction of sp³-hybridized carbons (Fsp3) is 0.200. The van der Waals surface area contributed by atoms with Gasteiger partial charge in [-0.15, -0.1) is 0 Å². The molecule has 1 aliphatic heterocycles. The molecule has 3 aromatic rings. The Morgan fingerprint density at radius 1 is 0.862 bits per heavy atom. The Morgan fingerprint density at radius 3 is 2.21 bits per heavy atom. The Morgan fingerprint density at radius 2 is 1.48 bits per heavy atom. The first kappa shape index (κ1) is 18.9. The number of nitrogens with one attached hydrogen (secondary N) is 1. The van der Waals surface area contributed by atoms with Gasteiger partial charge in [0.25, 0.3) is 0 Å². The molecule has 1 atom stereocenters. The first-order valence-electron chi connectivity index (χ1n) is 9.97. The second kappa shape index (κ2) is 8.74. The lowest BCUT2D eigenvalue weighted by atomic mass is 10.0. The highest BCUT2D eigenvalue weighted by Gasteiger charge is 2.38. The molecular formula is C25H24N2O2. The normalized spacial score (nSPS) is 16.1. The highest BCUT2D eigenvalue weighted by Crippen LogP contribution is 2.29. The lowest BCUT2D eigenvalue weighted by Gasteiger charge is -2.20. The minimum Gasteiger partial charge on any atom is -0.351 e. The topological polar surface area (TPSA) is 49.4 Å². The zero-order valence-corrected chi connectivity index (χ0v) is 16.3. The van der Waals surface area contributed by atoms with Crippen molar-refractivity contribution in [1.82, 2.24) is 5.32 Å². The molecule has 4 heteroatoms. The molecule has 0 aromatic heterocycles. The molecule has 0 saturated carbocycles. The SMILES string of the molecule is O=C(NCc1ccccc1)C1CCN(c2ccccc2Cc2ccccc2)C1=O. The summed E-state index contributed by atoms with van der Waals surface area (Å²) in [6.07, 6.45) is 1.30. The molecule has 3 aromatic carbocycles. The minimum atomic E-state index is -0.622. The lowest BCUT2D eigenvalue weighted by molar-refractivity contribution is -0.132. The van der Waals surface area contributed by atoms with E-state index < -0.39 is 5.92 Å². The van der Waals surface area contributed by atoms with Crippen LogP contribution in [0.3, 0.4) is 0 Å². The van der Waals surface area contributed by atoms with Gasteiger partial charge in [0.1, 0.15) is 5.92 Å². The van der Waals surface area contributed by atoms with Crippen LogP contribution in [0, 0.1) is 5.92 Å². The predicted molar refractivity (Wildman–Crippen MR) is 114 cm³/mol. The maximum absolute atomic E-state index is 13.0. The van der Waals surface area contributed by atoms with Crippen molar-refractivity contribution in [2.24, 2.45) is 5.92 Å². The van der Waals surface area contributed by atoms with Crippen LogP contribution in [0.5, 0.6) is 0 Å². The van der Waals surface area contributed by atoms with Gasteiger partial charge in [-0.05, 0) is 35.6 Å². The molecule has 1 heterocycles. The van der Waals surface area contributed by atoms with Crippen LogP contribution in [0.2, 0.25) is 0 Å². The molecule has 1 N–H and O–H groups in total. The van der Waals surface area contributed by atoms with Crippen molar-refractivity contribution in [3.8, 4) is 0 Å². The molecule has 1 unspecified atom stereocenters. The van der Waals surface area contributed by atoms with Crippen LogP contribution < -0.4 is 10.2 Å². The van der Waals surface area contributed by atoms with Gasteiger partial charge in [0.05, 0.1) is 0 Å². The van der Waals surface area contributed by atoms with Gasteiger partial charge in [-0.3, -0.25) is 9.59 Å². The monoisotopic (exact) mass is 384 g/mol. The standard InChI is InChI=1S/C25H24N2O2/c28-24(26-18-20-11-5-2-6-12-20)22-15-16-27(25(22)29)23-14-8-7-13-21(23)17-19-9-3-1-4-10-19/h1-14,22H,15-18H2,(H,26,28). The van der Waals surface area contributed by atoms with Crippen LogP contribution in [0.15, 0.2) is 84.9 Å². The number of hydrogen-bond acceptors (Lipinski definition) is 2. The molecule has 29 heavy (non-hydrogen) atoms. The van der Waals surface area contributed by atoms with E-state index in [1.165, 1.54) is 5.56 Å². The Balaban J connectivity index is 1.46. The fourth-order valence-corrected chi connectivity index (χ4v) is 3.81. The van der Waals surface area contributed by atoms with Crippen LogP contribution in [0.1, 0.15) is 23.1 Å². The van der Waals surface area contributed by atoms with Crippen molar-refractivity contribution in [2.75, 3.05) is 11.4 Å². The van der Waals surface area contributed by atoms with Crippen LogP contribution in [0.4, 0.5) is 5.69 Å². The van der Waals surface area contributed by atoms with Gasteiger partial charge in [0.2, 0.25) is 11.8 Å². The molecule has 146 valence electrons. The van der Waals surface area contributed by atoms with E-state index in [2.05, 4.69) is 23.5 Å². The third-order valence-electron chi connectivity index (χ3n) is 5.35. The lowest BCUT2D eigenvalue weighted by Crippen LogP contribution is -2.36. The van der Waals surface area contributed by atoms with Gasteiger partial charge in [0.15, 0.2) is 0 Å². The summed E-state index contributed by atoms with van der Waals surface area (Å²) in [6.45, 7) is 1.00. The first-order valence-corrected chi connectivity index (χ1v) is 9.97. The van der Waals surface area contributed by atoms with E-state index in [1.54, 1.807) is 4.90 Å². The molecule has 1 fully saturated rings. The Labute approximate surface area is 171 Å². The number of carbonyl (C=O) groups excluding carboxylic acids is 2. The summed E-state index contributed by atoms with van der Waals surface area (Å²) >= 11 is 0. The van der Waals surface area contributed by atoms with Gasteiger partial charge >= 0.3 is 0 Å². The number of anilines is 1. The van der Waals surface area contributed by atoms with Gasteiger partial charge in [-0.1, -0.05) is 78.9 Å². The van der Waals surface area contributed by atoms with Crippen molar-refractivity contribution in [2.45, 2.75) is 19.4 Å². The van der Waals surface area contributed by atoms with E-state index in [0.717, 1.165) is 23.2 Å². The van der Waals surface area contributed by atoms with E-state index in [0.29, 0.717) is 19.5 Å². The van der Waals surface area contributed by atoms with E-state index in [4.69, 9.17) is 0 Å². The maximum Gasteiger partial charge on any atom is 0.239 e. The van der Waals surface area contributed by atoms with Crippen molar-refractivity contribution >= 4 is 17.5 Å². The predicted octanol–water partition coefficient (Wildman–Crippen LogP) is 3.95. The van der Waals surface area contributed by atoms with Crippen LogP contribution in [0.25, 0.3) is 0 Å². The van der Waals surface area contributed by atoms with Gasteiger partial charge in [0, 0.05) is 18.8 Å². The first-order chi connectivity index (χ1) is 14.2. The summed E-state index contributed by atoms with van der Waals surface area (Å²) in [7, 11) is 0. The van der Waals surface area contributed by atoms with Crippen LogP contribution in [-0.2, 0) is 22.6 Å². The molecule has 1 saturated heterocycles. The largest absolute Gasteiger partial charge is 0.351 e. The zero-order valence-electron chi connectivity index (χ0n) is 16.3. The number of benzene rings is 3. The van der Waals surface area contributed by atoms with E-state index in [-0.39, 0.29) is 11.8 Å². The molecule has 4 nitrogen and oxygen atoms in total. The third kappa shape index (κ3) is 4.37. The molecule has 0 bridgehead atoms. The molecule has 2 amide bonds. The number of nitrogens with zero attached hydrogens (tertiary/aromatic N) is 1. The summed E-state index contributed by atoms with van der Waals surface area (Å²) < 4.78 is 0. The number of hydrogen-bond donors (Lipinski definition) is 1. The summed E-state index contributed by atoms with van der Waals surface area (Å²) in [4.78, 5) is 27.4. The maximum atomic E-state index is 13.0. The zero-order chi connectivity index (χ0) is 20.1. The summed E-state index contributed by atoms with van der Waals surface area (Å²) in [6, 6.07) is 27.9. The average Bonchev–Trinajstić information content (AvgIpc) is 3.15. The summed E-state index contributed by atoms with van der Waals surface area (Å²) in [5.74, 6) is -0.929. The number of rotatable bonds is 6. The molecule has 0 spiro atoms. The molecule has 1 aliphatic rings. The Bertz CT molecular complexity index is 986. The quantitative estimate of drug-likeness (QED) is 0.655. The highest BCUT2D eigenvalue weighted by molar-refractivity contribution is 6.09. The Kier molecular flexibility index (Phi) is 5.71. The van der Waals surface area contributed by atoms with E-state index in [9.17, 15) is 9.59 Å². The summed E-state index contributed by atoms with van der Waals surface area (Å²) in [5.41, 5.74) is 4.22. The van der Waals surface area contributed by atoms with Gasteiger partial charge in [-0.2, -0.15) is 0 Å². The number of carbonyl (C=O) groups is 2. The highest BCUT2D eigenvalue weighted by atomic mass is 16.2. The number of para-hydroxylation sites is 1. The fourth-order valence-electron chi connectivity index (χ4n) is 3.81. The van der Waals surface area contributed by atoms with Crippen molar-refractivity contribution in [1.29, 1.82) is 0 Å².